The summed E-state index contributed by atoms with van der Waals surface area (Å²) in [7, 11) is 4.65. The van der Waals surface area contributed by atoms with Crippen molar-refractivity contribution in [1.82, 2.24) is 4.98 Å². The molecular formula is C28H30N2O6. The molecule has 0 saturated carbocycles. The number of anilines is 1. The number of carbonyl (C=O) groups excluding carboxylic acids is 1. The fourth-order valence-corrected chi connectivity index (χ4v) is 3.92. The Morgan fingerprint density at radius 1 is 0.944 bits per heavy atom. The van der Waals surface area contributed by atoms with Crippen molar-refractivity contribution in [2.45, 2.75) is 26.7 Å². The number of hydrogen-bond donors (Lipinski definition) is 1. The number of ether oxygens (including phenoxy) is 4. The number of nitrogens with zero attached hydrogens (tertiary/aromatic N) is 1. The fourth-order valence-electron chi connectivity index (χ4n) is 3.92. The van der Waals surface area contributed by atoms with Gasteiger partial charge in [-0.25, -0.2) is 4.98 Å². The minimum Gasteiger partial charge on any atom is -0.493 e. The number of hydrogen-bond acceptors (Lipinski definition) is 7. The summed E-state index contributed by atoms with van der Waals surface area (Å²) in [6.07, 6.45) is 0. The zero-order valence-corrected chi connectivity index (χ0v) is 21.3. The Labute approximate surface area is 210 Å². The highest BCUT2D eigenvalue weighted by molar-refractivity contribution is 5.94. The van der Waals surface area contributed by atoms with Gasteiger partial charge in [0.2, 0.25) is 11.6 Å². The number of benzene rings is 3. The molecule has 1 amide bonds. The third-order valence-corrected chi connectivity index (χ3v) is 5.73. The maximum absolute atomic E-state index is 12.6. The Bertz CT molecular complexity index is 1370. The van der Waals surface area contributed by atoms with Gasteiger partial charge >= 0.3 is 0 Å². The molecule has 8 heteroatoms. The number of fused-ring (bicyclic) bond motifs is 1. The molecule has 0 aliphatic carbocycles. The summed E-state index contributed by atoms with van der Waals surface area (Å²) in [5.74, 6) is 2.61. The van der Waals surface area contributed by atoms with Crippen molar-refractivity contribution >= 4 is 22.7 Å². The zero-order chi connectivity index (χ0) is 25.8. The Morgan fingerprint density at radius 3 is 2.31 bits per heavy atom. The highest BCUT2D eigenvalue weighted by Gasteiger charge is 2.18. The van der Waals surface area contributed by atoms with Gasteiger partial charge in [-0.1, -0.05) is 26.0 Å². The summed E-state index contributed by atoms with van der Waals surface area (Å²) in [6.45, 7) is 6.08. The van der Waals surface area contributed by atoms with E-state index in [4.69, 9.17) is 23.4 Å². The predicted octanol–water partition coefficient (Wildman–Crippen LogP) is 5.97. The maximum Gasteiger partial charge on any atom is 0.262 e. The molecule has 0 radical (unpaired) electrons. The van der Waals surface area contributed by atoms with Crippen molar-refractivity contribution in [1.29, 1.82) is 0 Å². The van der Waals surface area contributed by atoms with E-state index in [-0.39, 0.29) is 18.4 Å². The molecule has 0 spiro atoms. The van der Waals surface area contributed by atoms with Gasteiger partial charge in [0.05, 0.1) is 21.3 Å². The number of rotatable bonds is 9. The molecule has 1 aromatic heterocycles. The van der Waals surface area contributed by atoms with Gasteiger partial charge in [-0.15, -0.1) is 0 Å². The second-order valence-corrected chi connectivity index (χ2v) is 8.65. The quantitative estimate of drug-likeness (QED) is 0.309. The number of aryl methyl sites for hydroxylation is 1. The molecule has 0 fully saturated rings. The summed E-state index contributed by atoms with van der Waals surface area (Å²) >= 11 is 0. The number of aromatic nitrogens is 1. The van der Waals surface area contributed by atoms with Gasteiger partial charge in [-0.3, -0.25) is 4.79 Å². The molecule has 0 saturated heterocycles. The van der Waals surface area contributed by atoms with Gasteiger partial charge in [-0.2, -0.15) is 0 Å². The molecule has 36 heavy (non-hydrogen) atoms. The fraction of sp³-hybridized carbons (Fsp3) is 0.286. The number of oxazole rings is 1. The lowest BCUT2D eigenvalue weighted by Crippen LogP contribution is -2.20. The van der Waals surface area contributed by atoms with Gasteiger partial charge in [0, 0.05) is 11.3 Å². The summed E-state index contributed by atoms with van der Waals surface area (Å²) in [5.41, 5.74) is 4.58. The van der Waals surface area contributed by atoms with Gasteiger partial charge in [0.1, 0.15) is 11.3 Å². The molecular weight excluding hydrogens is 460 g/mol. The molecule has 1 heterocycles. The van der Waals surface area contributed by atoms with Crippen LogP contribution in [0.4, 0.5) is 5.69 Å². The first-order valence-electron chi connectivity index (χ1n) is 11.6. The highest BCUT2D eigenvalue weighted by Crippen LogP contribution is 2.41. The van der Waals surface area contributed by atoms with Gasteiger partial charge in [0.25, 0.3) is 5.91 Å². The minimum absolute atomic E-state index is 0.100. The van der Waals surface area contributed by atoms with E-state index < -0.39 is 0 Å². The molecule has 188 valence electrons. The Hall–Kier alpha value is -4.20. The lowest BCUT2D eigenvalue weighted by atomic mass is 10.0. The van der Waals surface area contributed by atoms with Crippen LogP contribution in [0, 0.1) is 6.92 Å². The third kappa shape index (κ3) is 5.22. The Morgan fingerprint density at radius 2 is 1.67 bits per heavy atom. The van der Waals surface area contributed by atoms with E-state index in [1.807, 2.05) is 25.1 Å². The van der Waals surface area contributed by atoms with E-state index in [2.05, 4.69) is 24.1 Å². The van der Waals surface area contributed by atoms with Crippen molar-refractivity contribution in [3.8, 4) is 34.5 Å². The smallest absolute Gasteiger partial charge is 0.262 e. The first-order valence-corrected chi connectivity index (χ1v) is 11.6. The monoisotopic (exact) mass is 490 g/mol. The van der Waals surface area contributed by atoms with Crippen molar-refractivity contribution in [2.75, 3.05) is 33.3 Å². The van der Waals surface area contributed by atoms with Crippen LogP contribution in [0.15, 0.2) is 52.9 Å². The van der Waals surface area contributed by atoms with Crippen LogP contribution in [-0.2, 0) is 4.79 Å². The average molecular weight is 491 g/mol. The Kier molecular flexibility index (Phi) is 7.33. The zero-order valence-electron chi connectivity index (χ0n) is 21.3. The molecule has 0 atom stereocenters. The first kappa shape index (κ1) is 24.9. The predicted molar refractivity (Wildman–Crippen MR) is 138 cm³/mol. The number of amides is 1. The van der Waals surface area contributed by atoms with Crippen molar-refractivity contribution < 1.29 is 28.2 Å². The largest absolute Gasteiger partial charge is 0.493 e. The maximum atomic E-state index is 12.6. The van der Waals surface area contributed by atoms with Crippen LogP contribution < -0.4 is 24.3 Å². The molecule has 0 aliphatic heterocycles. The number of nitrogens with one attached hydrogen (secondary N) is 1. The summed E-state index contributed by atoms with van der Waals surface area (Å²) in [6, 6.07) is 14.8. The van der Waals surface area contributed by atoms with Crippen LogP contribution in [0.2, 0.25) is 0 Å². The van der Waals surface area contributed by atoms with Gasteiger partial charge in [0.15, 0.2) is 23.7 Å². The van der Waals surface area contributed by atoms with Crippen molar-refractivity contribution in [3.05, 3.63) is 59.7 Å². The molecule has 1 N–H and O–H groups in total. The van der Waals surface area contributed by atoms with E-state index in [0.717, 1.165) is 16.9 Å². The molecule has 0 unspecified atom stereocenters. The van der Waals surface area contributed by atoms with Crippen molar-refractivity contribution in [2.24, 2.45) is 0 Å². The van der Waals surface area contributed by atoms with Crippen LogP contribution >= 0.6 is 0 Å². The topological polar surface area (TPSA) is 92.1 Å². The normalized spacial score (nSPS) is 11.0. The third-order valence-electron chi connectivity index (χ3n) is 5.73. The molecule has 4 aromatic rings. The molecule has 3 aromatic carbocycles. The summed E-state index contributed by atoms with van der Waals surface area (Å²) in [5, 5.41) is 2.87. The lowest BCUT2D eigenvalue weighted by Gasteiger charge is -2.14. The molecule has 0 aliphatic rings. The van der Waals surface area contributed by atoms with Crippen LogP contribution in [0.1, 0.15) is 30.9 Å². The number of carbonyl (C=O) groups is 1. The molecule has 0 bridgehead atoms. The standard InChI is InChI=1S/C28H30N2O6/c1-16(2)20-9-7-17(3)11-23(20)35-15-26(31)29-19-8-10-22-21(14-19)30-28(36-22)18-12-24(32-4)27(34-6)25(13-18)33-5/h7-14,16H,15H2,1-6H3,(H,29,31). The van der Waals surface area contributed by atoms with Crippen molar-refractivity contribution in [3.63, 3.8) is 0 Å². The summed E-state index contributed by atoms with van der Waals surface area (Å²) < 4.78 is 28.0. The van der Waals surface area contributed by atoms with E-state index in [1.54, 1.807) is 51.7 Å². The number of methoxy groups -OCH3 is 3. The second kappa shape index (κ2) is 10.6. The second-order valence-electron chi connectivity index (χ2n) is 8.65. The molecule has 4 rings (SSSR count). The van der Waals surface area contributed by atoms with E-state index in [9.17, 15) is 4.79 Å². The SMILES string of the molecule is COc1cc(-c2nc3cc(NC(=O)COc4cc(C)ccc4C(C)C)ccc3o2)cc(OC)c1OC. The first-order chi connectivity index (χ1) is 17.3. The van der Waals surface area contributed by atoms with Crippen LogP contribution in [-0.4, -0.2) is 38.8 Å². The minimum atomic E-state index is -0.265. The molecule has 8 nitrogen and oxygen atoms in total. The summed E-state index contributed by atoms with van der Waals surface area (Å²) in [4.78, 5) is 17.2. The van der Waals surface area contributed by atoms with Gasteiger partial charge < -0.3 is 28.7 Å². The van der Waals surface area contributed by atoms with E-state index in [0.29, 0.717) is 45.5 Å². The van der Waals surface area contributed by atoms with E-state index in [1.165, 1.54) is 0 Å². The van der Waals surface area contributed by atoms with E-state index >= 15 is 0 Å². The van der Waals surface area contributed by atoms with Crippen LogP contribution in [0.5, 0.6) is 23.0 Å². The highest BCUT2D eigenvalue weighted by atomic mass is 16.5. The van der Waals surface area contributed by atoms with Crippen LogP contribution in [0.25, 0.3) is 22.6 Å². The average Bonchev–Trinajstić information content (AvgIpc) is 3.29. The van der Waals surface area contributed by atoms with Gasteiger partial charge in [-0.05, 0) is 60.4 Å². The van der Waals surface area contributed by atoms with Crippen LogP contribution in [0.3, 0.4) is 0 Å². The lowest BCUT2D eigenvalue weighted by molar-refractivity contribution is -0.118. The Balaban J connectivity index is 1.51.